The Balaban J connectivity index is 3.56. The Morgan fingerprint density at radius 2 is 2.07 bits per heavy atom. The minimum atomic E-state index is -0.704. The van der Waals surface area contributed by atoms with Crippen LogP contribution in [0.5, 0.6) is 0 Å². The number of hydrogen-bond acceptors (Lipinski definition) is 2. The molecule has 0 aliphatic heterocycles. The van der Waals surface area contributed by atoms with Crippen LogP contribution in [0.1, 0.15) is 33.1 Å². The molecule has 0 aromatic carbocycles. The van der Waals surface area contributed by atoms with Gasteiger partial charge in [0, 0.05) is 0 Å². The van der Waals surface area contributed by atoms with E-state index in [0.717, 1.165) is 17.3 Å². The van der Waals surface area contributed by atoms with E-state index in [9.17, 15) is 0 Å². The van der Waals surface area contributed by atoms with Gasteiger partial charge in [0.15, 0.2) is 0 Å². The predicted octanol–water partition coefficient (Wildman–Crippen LogP) is 2.89. The number of ether oxygens (including phenoxy) is 1. The molecule has 1 N–H and O–H groups in total. The molecule has 0 rings (SSSR count). The third kappa shape index (κ3) is 7.01. The van der Waals surface area contributed by atoms with Crippen LogP contribution in [-0.4, -0.2) is 33.7 Å². The molecule has 0 aromatic heterocycles. The van der Waals surface area contributed by atoms with Crippen LogP contribution in [0.2, 0.25) is 0 Å². The first-order valence-corrected chi connectivity index (χ1v) is 10.5. The first-order chi connectivity index (χ1) is 6.76. The summed E-state index contributed by atoms with van der Waals surface area (Å²) in [5.41, 5.74) is 0. The minimum absolute atomic E-state index is 0.704. The topological polar surface area (TPSA) is 21.3 Å². The average molecular weight is 315 g/mol. The van der Waals surface area contributed by atoms with E-state index in [1.54, 1.807) is 0 Å². The molecule has 0 bridgehead atoms. The number of hydrogen-bond donors (Lipinski definition) is 1. The Hall–Kier alpha value is 0.650. The van der Waals surface area contributed by atoms with Crippen LogP contribution in [0.25, 0.3) is 0 Å². The van der Waals surface area contributed by atoms with E-state index in [1.807, 2.05) is 0 Å². The van der Waals surface area contributed by atoms with Crippen molar-refractivity contribution in [2.24, 2.45) is 0 Å². The van der Waals surface area contributed by atoms with Gasteiger partial charge in [-0.15, -0.1) is 0 Å². The van der Waals surface area contributed by atoms with Gasteiger partial charge in [0.25, 0.3) is 0 Å². The van der Waals surface area contributed by atoms with Crippen LogP contribution < -0.4 is 5.32 Å². The summed E-state index contributed by atoms with van der Waals surface area (Å²) in [6, 6.07) is 0. The molecule has 1 atom stereocenters. The van der Waals surface area contributed by atoms with Crippen molar-refractivity contribution < 1.29 is 4.74 Å². The Morgan fingerprint density at radius 3 is 2.57 bits per heavy atom. The number of rotatable bonds is 9. The maximum atomic E-state index is 5.36. The van der Waals surface area contributed by atoms with Crippen LogP contribution in [0.15, 0.2) is 0 Å². The zero-order valence-electron chi connectivity index (χ0n) is 10.1. The van der Waals surface area contributed by atoms with Crippen molar-refractivity contribution in [2.75, 3.05) is 29.6 Å². The van der Waals surface area contributed by atoms with Crippen LogP contribution in [-0.2, 0) is 4.74 Å². The molecule has 0 spiro atoms. The van der Waals surface area contributed by atoms with Gasteiger partial charge in [0.1, 0.15) is 0 Å². The Kier molecular flexibility index (Phi) is 10.6. The summed E-state index contributed by atoms with van der Waals surface area (Å²) in [7, 11) is 2.11. The van der Waals surface area contributed by atoms with E-state index in [2.05, 4.69) is 31.1 Å². The SMILES string of the molecule is CCCI(C)[C@@H](CCCOCC)NC. The zero-order chi connectivity index (χ0) is 10.8. The van der Waals surface area contributed by atoms with Gasteiger partial charge in [-0.1, -0.05) is 0 Å². The summed E-state index contributed by atoms with van der Waals surface area (Å²) in [6.45, 7) is 6.14. The van der Waals surface area contributed by atoms with E-state index in [1.165, 1.54) is 23.7 Å². The Morgan fingerprint density at radius 1 is 1.36 bits per heavy atom. The molecule has 2 nitrogen and oxygen atoms in total. The first kappa shape index (κ1) is 14.6. The van der Waals surface area contributed by atoms with E-state index in [0.29, 0.717) is 0 Å². The fourth-order valence-corrected chi connectivity index (χ4v) is 6.48. The fourth-order valence-electron chi connectivity index (χ4n) is 1.46. The molecule has 0 aliphatic carbocycles. The van der Waals surface area contributed by atoms with Gasteiger partial charge in [0.05, 0.1) is 0 Å². The molecule has 14 heavy (non-hydrogen) atoms. The standard InChI is InChI=1S/C11H26INO/c1-5-9-12(3)11(13-4)8-7-10-14-6-2/h11,13H,5-10H2,1-4H3/t11-/m1/s1. The second kappa shape index (κ2) is 10.2. The number of nitrogens with one attached hydrogen (secondary N) is 1. The molecule has 0 fully saturated rings. The number of alkyl halides is 3. The molecule has 0 radical (unpaired) electrons. The molecule has 0 saturated heterocycles. The van der Waals surface area contributed by atoms with Crippen molar-refractivity contribution in [1.29, 1.82) is 0 Å². The van der Waals surface area contributed by atoms with Gasteiger partial charge < -0.3 is 0 Å². The summed E-state index contributed by atoms with van der Waals surface area (Å²) in [5, 5.41) is 3.48. The summed E-state index contributed by atoms with van der Waals surface area (Å²) < 4.78 is 7.65. The van der Waals surface area contributed by atoms with Gasteiger partial charge in [-0.2, -0.15) is 0 Å². The molecule has 0 saturated carbocycles. The third-order valence-electron chi connectivity index (χ3n) is 2.20. The molecular weight excluding hydrogens is 289 g/mol. The Bertz CT molecular complexity index is 122. The predicted molar refractivity (Wildman–Crippen MR) is 73.7 cm³/mol. The van der Waals surface area contributed by atoms with E-state index in [-0.39, 0.29) is 0 Å². The van der Waals surface area contributed by atoms with Gasteiger partial charge in [-0.25, -0.2) is 0 Å². The van der Waals surface area contributed by atoms with E-state index in [4.69, 9.17) is 4.74 Å². The maximum absolute atomic E-state index is 5.36. The molecule has 0 unspecified atom stereocenters. The Labute approximate surface area is 96.6 Å². The normalized spacial score (nSPS) is 14.1. The second-order valence-electron chi connectivity index (χ2n) is 3.42. The van der Waals surface area contributed by atoms with Crippen molar-refractivity contribution in [2.45, 2.75) is 37.2 Å². The summed E-state index contributed by atoms with van der Waals surface area (Å²) in [5.74, 6) is 0. The van der Waals surface area contributed by atoms with Gasteiger partial charge >= 0.3 is 96.7 Å². The second-order valence-corrected chi connectivity index (χ2v) is 9.66. The van der Waals surface area contributed by atoms with Gasteiger partial charge in [-0.3, -0.25) is 0 Å². The fraction of sp³-hybridized carbons (Fsp3) is 1.00. The molecule has 0 amide bonds. The summed E-state index contributed by atoms with van der Waals surface area (Å²) in [6.07, 6.45) is 3.87. The van der Waals surface area contributed by atoms with Crippen molar-refractivity contribution >= 4 is 19.8 Å². The monoisotopic (exact) mass is 315 g/mol. The average Bonchev–Trinajstić information content (AvgIpc) is 2.18. The third-order valence-corrected chi connectivity index (χ3v) is 8.79. The van der Waals surface area contributed by atoms with Crippen molar-refractivity contribution in [3.8, 4) is 0 Å². The van der Waals surface area contributed by atoms with Crippen LogP contribution in [0.4, 0.5) is 0 Å². The molecule has 88 valence electrons. The van der Waals surface area contributed by atoms with E-state index < -0.39 is 19.8 Å². The quantitative estimate of drug-likeness (QED) is 0.306. The molecular formula is C11H26INO. The van der Waals surface area contributed by atoms with Crippen LogP contribution >= 0.6 is 19.8 Å². The number of halogens is 1. The summed E-state index contributed by atoms with van der Waals surface area (Å²) >= 11 is -0.704. The van der Waals surface area contributed by atoms with Crippen LogP contribution in [0, 0.1) is 0 Å². The molecule has 0 aliphatic rings. The summed E-state index contributed by atoms with van der Waals surface area (Å²) in [4.78, 5) is 2.50. The first-order valence-electron chi connectivity index (χ1n) is 5.55. The van der Waals surface area contributed by atoms with Crippen molar-refractivity contribution in [3.63, 3.8) is 0 Å². The van der Waals surface area contributed by atoms with Crippen molar-refractivity contribution in [3.05, 3.63) is 0 Å². The van der Waals surface area contributed by atoms with Crippen molar-refractivity contribution in [1.82, 2.24) is 5.32 Å². The van der Waals surface area contributed by atoms with E-state index >= 15 is 0 Å². The zero-order valence-corrected chi connectivity index (χ0v) is 12.3. The molecule has 0 heterocycles. The van der Waals surface area contributed by atoms with Gasteiger partial charge in [-0.05, 0) is 0 Å². The molecule has 0 aromatic rings. The molecule has 3 heteroatoms. The van der Waals surface area contributed by atoms with Gasteiger partial charge in [0.2, 0.25) is 0 Å². The van der Waals surface area contributed by atoms with Crippen LogP contribution in [0.3, 0.4) is 0 Å².